The summed E-state index contributed by atoms with van der Waals surface area (Å²) in [7, 11) is -3.56. The van der Waals surface area contributed by atoms with Gasteiger partial charge in [-0.3, -0.25) is 0 Å². The van der Waals surface area contributed by atoms with E-state index in [0.29, 0.717) is 16.1 Å². The van der Waals surface area contributed by atoms with Gasteiger partial charge in [-0.1, -0.05) is 53.2 Å². The summed E-state index contributed by atoms with van der Waals surface area (Å²) in [4.78, 5) is 0.0257. The third-order valence-corrected chi connectivity index (χ3v) is 6.74. The van der Waals surface area contributed by atoms with E-state index in [9.17, 15) is 8.42 Å². The smallest absolute Gasteiger partial charge is 0.276 e. The van der Waals surface area contributed by atoms with E-state index in [1.165, 1.54) is 23.9 Å². The fourth-order valence-corrected chi connectivity index (χ4v) is 5.25. The zero-order valence-electron chi connectivity index (χ0n) is 12.7. The molecule has 130 valence electrons. The molecule has 0 N–H and O–H groups in total. The second kappa shape index (κ2) is 7.78. The Morgan fingerprint density at radius 1 is 1.04 bits per heavy atom. The summed E-state index contributed by atoms with van der Waals surface area (Å²) in [6.07, 6.45) is 0. The van der Waals surface area contributed by atoms with E-state index in [4.69, 9.17) is 27.6 Å². The zero-order chi connectivity index (χ0) is 17.9. The number of halogens is 2. The molecule has 0 saturated carbocycles. The van der Waals surface area contributed by atoms with Crippen molar-refractivity contribution in [1.82, 2.24) is 10.2 Å². The Bertz CT molecular complexity index is 976. The molecule has 3 aromatic rings. The van der Waals surface area contributed by atoms with Crippen LogP contribution in [0.1, 0.15) is 0 Å². The maximum absolute atomic E-state index is 12.4. The third-order valence-electron chi connectivity index (χ3n) is 3.23. The Morgan fingerprint density at radius 3 is 2.56 bits per heavy atom. The summed E-state index contributed by atoms with van der Waals surface area (Å²) in [5.41, 5.74) is 0.806. The molecule has 0 aliphatic heterocycles. The highest BCUT2D eigenvalue weighted by atomic mass is 35.5. The minimum Gasteiger partial charge on any atom is -0.411 e. The molecule has 0 unspecified atom stereocenters. The predicted octanol–water partition coefficient (Wildman–Crippen LogP) is 4.61. The van der Waals surface area contributed by atoms with E-state index in [0.717, 1.165) is 5.56 Å². The lowest BCUT2D eigenvalue weighted by molar-refractivity contribution is 0.466. The average molecular weight is 415 g/mol. The topological polar surface area (TPSA) is 73.1 Å². The molecule has 0 amide bonds. The lowest BCUT2D eigenvalue weighted by atomic mass is 10.2. The fraction of sp³-hybridized carbons (Fsp3) is 0.125. The lowest BCUT2D eigenvalue weighted by Gasteiger charge is -2.06. The maximum atomic E-state index is 12.4. The van der Waals surface area contributed by atoms with Crippen molar-refractivity contribution in [2.75, 3.05) is 11.5 Å². The highest BCUT2D eigenvalue weighted by molar-refractivity contribution is 8.00. The minimum atomic E-state index is -3.56. The van der Waals surface area contributed by atoms with Crippen molar-refractivity contribution < 1.29 is 12.8 Å². The van der Waals surface area contributed by atoms with Crippen molar-refractivity contribution in [2.45, 2.75) is 10.1 Å². The quantitative estimate of drug-likeness (QED) is 0.548. The Kier molecular flexibility index (Phi) is 5.68. The molecule has 1 heterocycles. The maximum Gasteiger partial charge on any atom is 0.276 e. The van der Waals surface area contributed by atoms with Gasteiger partial charge in [0.15, 0.2) is 9.84 Å². The van der Waals surface area contributed by atoms with Gasteiger partial charge in [-0.15, -0.1) is 10.2 Å². The summed E-state index contributed by atoms with van der Waals surface area (Å²) in [5.74, 6) is 0.520. The SMILES string of the molecule is O=S(=O)(CCSc1nnc(-c2ccccc2)o1)c1cc(Cl)ccc1Cl. The van der Waals surface area contributed by atoms with E-state index in [1.54, 1.807) is 6.07 Å². The largest absolute Gasteiger partial charge is 0.411 e. The molecule has 9 heteroatoms. The van der Waals surface area contributed by atoms with Gasteiger partial charge < -0.3 is 4.42 Å². The first-order chi connectivity index (χ1) is 12.0. The van der Waals surface area contributed by atoms with Crippen LogP contribution in [0.5, 0.6) is 0 Å². The monoisotopic (exact) mass is 414 g/mol. The first kappa shape index (κ1) is 18.3. The van der Waals surface area contributed by atoms with Crippen molar-refractivity contribution >= 4 is 44.8 Å². The number of hydrogen-bond acceptors (Lipinski definition) is 6. The van der Waals surface area contributed by atoms with Crippen LogP contribution in [0.3, 0.4) is 0 Å². The van der Waals surface area contributed by atoms with Gasteiger partial charge in [-0.25, -0.2) is 8.42 Å². The van der Waals surface area contributed by atoms with E-state index in [-0.39, 0.29) is 21.4 Å². The van der Waals surface area contributed by atoms with Crippen LogP contribution in [0, 0.1) is 0 Å². The molecule has 25 heavy (non-hydrogen) atoms. The Hall–Kier alpha value is -1.54. The van der Waals surface area contributed by atoms with Crippen LogP contribution in [0.2, 0.25) is 10.0 Å². The van der Waals surface area contributed by atoms with Gasteiger partial charge in [-0.05, 0) is 30.3 Å². The van der Waals surface area contributed by atoms with Crippen molar-refractivity contribution in [1.29, 1.82) is 0 Å². The molecule has 3 rings (SSSR count). The van der Waals surface area contributed by atoms with Crippen molar-refractivity contribution in [3.05, 3.63) is 58.6 Å². The normalized spacial score (nSPS) is 11.6. The molecule has 0 atom stereocenters. The second-order valence-electron chi connectivity index (χ2n) is 4.98. The molecule has 0 aliphatic carbocycles. The number of benzene rings is 2. The molecule has 0 bridgehead atoms. The molecular formula is C16H12Cl2N2O3S2. The number of nitrogens with zero attached hydrogens (tertiary/aromatic N) is 2. The molecular weight excluding hydrogens is 403 g/mol. The molecule has 1 aromatic heterocycles. The van der Waals surface area contributed by atoms with Gasteiger partial charge in [0.2, 0.25) is 5.89 Å². The fourth-order valence-electron chi connectivity index (χ4n) is 2.03. The van der Waals surface area contributed by atoms with Crippen LogP contribution < -0.4 is 0 Å². The molecule has 0 fully saturated rings. The Balaban J connectivity index is 1.65. The summed E-state index contributed by atoms with van der Waals surface area (Å²) in [6, 6.07) is 13.7. The van der Waals surface area contributed by atoms with Gasteiger partial charge in [0, 0.05) is 16.3 Å². The molecule has 0 saturated heterocycles. The molecule has 5 nitrogen and oxygen atoms in total. The van der Waals surface area contributed by atoms with Gasteiger partial charge >= 0.3 is 0 Å². The first-order valence-electron chi connectivity index (χ1n) is 7.15. The number of thioether (sulfide) groups is 1. The predicted molar refractivity (Wildman–Crippen MR) is 99.0 cm³/mol. The van der Waals surface area contributed by atoms with Crippen LogP contribution >= 0.6 is 35.0 Å². The zero-order valence-corrected chi connectivity index (χ0v) is 15.9. The van der Waals surface area contributed by atoms with Crippen LogP contribution in [-0.2, 0) is 9.84 Å². The van der Waals surface area contributed by atoms with E-state index in [2.05, 4.69) is 10.2 Å². The van der Waals surface area contributed by atoms with Gasteiger partial charge in [0.05, 0.1) is 15.7 Å². The lowest BCUT2D eigenvalue weighted by Crippen LogP contribution is -2.09. The van der Waals surface area contributed by atoms with Crippen molar-refractivity contribution in [2.24, 2.45) is 0 Å². The Labute approximate surface area is 159 Å². The molecule has 2 aromatic carbocycles. The number of sulfone groups is 1. The summed E-state index contributed by atoms with van der Waals surface area (Å²) in [6.45, 7) is 0. The summed E-state index contributed by atoms with van der Waals surface area (Å²) < 4.78 is 30.3. The van der Waals surface area contributed by atoms with Crippen molar-refractivity contribution in [3.8, 4) is 11.5 Å². The number of aromatic nitrogens is 2. The standard InChI is InChI=1S/C16H12Cl2N2O3S2/c17-12-6-7-13(18)14(10-12)25(21,22)9-8-24-16-20-19-15(23-16)11-4-2-1-3-5-11/h1-7,10H,8-9H2. The number of hydrogen-bond donors (Lipinski definition) is 0. The Morgan fingerprint density at radius 2 is 1.80 bits per heavy atom. The number of rotatable bonds is 6. The van der Waals surface area contributed by atoms with Crippen LogP contribution in [-0.4, -0.2) is 30.1 Å². The highest BCUT2D eigenvalue weighted by Gasteiger charge is 2.19. The second-order valence-corrected chi connectivity index (χ2v) is 8.95. The van der Waals surface area contributed by atoms with E-state index in [1.807, 2.05) is 30.3 Å². The summed E-state index contributed by atoms with van der Waals surface area (Å²) in [5, 5.41) is 8.66. The van der Waals surface area contributed by atoms with Crippen LogP contribution in [0.25, 0.3) is 11.5 Å². The van der Waals surface area contributed by atoms with Gasteiger partial charge in [0.25, 0.3) is 5.22 Å². The molecule has 0 aliphatic rings. The van der Waals surface area contributed by atoms with Crippen LogP contribution in [0.15, 0.2) is 63.1 Å². The highest BCUT2D eigenvalue weighted by Crippen LogP contribution is 2.28. The first-order valence-corrected chi connectivity index (χ1v) is 10.5. The van der Waals surface area contributed by atoms with Crippen LogP contribution in [0.4, 0.5) is 0 Å². The third kappa shape index (κ3) is 4.55. The summed E-state index contributed by atoms with van der Waals surface area (Å²) >= 11 is 13.0. The van der Waals surface area contributed by atoms with E-state index < -0.39 is 9.84 Å². The molecule has 0 spiro atoms. The van der Waals surface area contributed by atoms with Gasteiger partial charge in [0.1, 0.15) is 0 Å². The van der Waals surface area contributed by atoms with Crippen molar-refractivity contribution in [3.63, 3.8) is 0 Å². The minimum absolute atomic E-state index is 0.0257. The van der Waals surface area contributed by atoms with E-state index >= 15 is 0 Å². The average Bonchev–Trinajstić information content (AvgIpc) is 3.06. The van der Waals surface area contributed by atoms with Gasteiger partial charge in [-0.2, -0.15) is 0 Å². The molecule has 0 radical (unpaired) electrons.